The average molecular weight is 339 g/mol. The van der Waals surface area contributed by atoms with Gasteiger partial charge in [0.05, 0.1) is 20.4 Å². The monoisotopic (exact) mass is 339 g/mol. The Labute approximate surface area is 149 Å². The summed E-state index contributed by atoms with van der Waals surface area (Å²) < 4.78 is 10.7. The maximum Gasteiger partial charge on any atom is 0.127 e. The Morgan fingerprint density at radius 1 is 0.960 bits per heavy atom. The average Bonchev–Trinajstić information content (AvgIpc) is 2.68. The summed E-state index contributed by atoms with van der Waals surface area (Å²) in [6, 6.07) is 16.3. The highest BCUT2D eigenvalue weighted by molar-refractivity contribution is 5.84. The summed E-state index contributed by atoms with van der Waals surface area (Å²) in [4.78, 5) is 2.47. The molecule has 0 aliphatic carbocycles. The molecular formula is C20H25N3O2. The third-order valence-electron chi connectivity index (χ3n) is 4.39. The summed E-state index contributed by atoms with van der Waals surface area (Å²) in [6.45, 7) is 4.89. The van der Waals surface area contributed by atoms with Crippen LogP contribution in [0.1, 0.15) is 11.1 Å². The topological polar surface area (TPSA) is 37.3 Å². The van der Waals surface area contributed by atoms with Crippen LogP contribution in [0.3, 0.4) is 0 Å². The zero-order valence-electron chi connectivity index (χ0n) is 14.9. The number of piperazine rings is 1. The van der Waals surface area contributed by atoms with Crippen LogP contribution in [-0.4, -0.2) is 56.5 Å². The number of methoxy groups -OCH3 is 2. The minimum atomic E-state index is 0.798. The van der Waals surface area contributed by atoms with Gasteiger partial charge < -0.3 is 9.47 Å². The van der Waals surface area contributed by atoms with Gasteiger partial charge in [-0.05, 0) is 23.8 Å². The Kier molecular flexibility index (Phi) is 5.90. The molecule has 0 saturated carbocycles. The van der Waals surface area contributed by atoms with Gasteiger partial charge in [0.2, 0.25) is 0 Å². The molecule has 3 rings (SSSR count). The lowest BCUT2D eigenvalue weighted by Crippen LogP contribution is -2.43. The third-order valence-corrected chi connectivity index (χ3v) is 4.39. The summed E-state index contributed by atoms with van der Waals surface area (Å²) >= 11 is 0. The first-order chi connectivity index (χ1) is 12.3. The third kappa shape index (κ3) is 4.73. The van der Waals surface area contributed by atoms with Crippen molar-refractivity contribution >= 4 is 6.21 Å². The van der Waals surface area contributed by atoms with E-state index in [9.17, 15) is 0 Å². The standard InChI is InChI=1S/C20H25N3O2/c1-24-19-8-9-20(25-2)18(14-19)15-21-23-12-10-22(11-13-23)16-17-6-4-3-5-7-17/h3-9,14-15H,10-13,16H2,1-2H3/b21-15+. The molecule has 5 heteroatoms. The summed E-state index contributed by atoms with van der Waals surface area (Å²) in [5, 5.41) is 6.74. The van der Waals surface area contributed by atoms with Gasteiger partial charge in [0, 0.05) is 38.3 Å². The maximum absolute atomic E-state index is 5.39. The van der Waals surface area contributed by atoms with Gasteiger partial charge in [-0.15, -0.1) is 0 Å². The van der Waals surface area contributed by atoms with Gasteiger partial charge in [0.1, 0.15) is 11.5 Å². The van der Waals surface area contributed by atoms with Gasteiger partial charge in [-0.2, -0.15) is 5.10 Å². The molecule has 0 aromatic heterocycles. The van der Waals surface area contributed by atoms with Gasteiger partial charge in [0.25, 0.3) is 0 Å². The second kappa shape index (κ2) is 8.53. The number of ether oxygens (including phenoxy) is 2. The van der Waals surface area contributed by atoms with Gasteiger partial charge >= 0.3 is 0 Å². The second-order valence-corrected chi connectivity index (χ2v) is 6.07. The molecule has 0 radical (unpaired) electrons. The summed E-state index contributed by atoms with van der Waals surface area (Å²) in [5.74, 6) is 1.60. The van der Waals surface area contributed by atoms with E-state index < -0.39 is 0 Å². The van der Waals surface area contributed by atoms with E-state index in [1.54, 1.807) is 14.2 Å². The number of benzene rings is 2. The molecular weight excluding hydrogens is 314 g/mol. The van der Waals surface area contributed by atoms with Crippen molar-refractivity contribution in [3.05, 3.63) is 59.7 Å². The fourth-order valence-corrected chi connectivity index (χ4v) is 2.94. The van der Waals surface area contributed by atoms with Crippen LogP contribution in [0.5, 0.6) is 11.5 Å². The van der Waals surface area contributed by atoms with Gasteiger partial charge in [-0.1, -0.05) is 30.3 Å². The van der Waals surface area contributed by atoms with E-state index in [1.807, 2.05) is 24.4 Å². The van der Waals surface area contributed by atoms with Gasteiger partial charge in [-0.25, -0.2) is 0 Å². The highest BCUT2D eigenvalue weighted by Crippen LogP contribution is 2.22. The first-order valence-corrected chi connectivity index (χ1v) is 8.56. The van der Waals surface area contributed by atoms with E-state index in [4.69, 9.17) is 9.47 Å². The normalized spacial score (nSPS) is 15.5. The zero-order valence-corrected chi connectivity index (χ0v) is 14.9. The summed E-state index contributed by atoms with van der Waals surface area (Å²) in [5.41, 5.74) is 2.29. The Hall–Kier alpha value is -2.53. The highest BCUT2D eigenvalue weighted by Gasteiger charge is 2.15. The predicted octanol–water partition coefficient (Wildman–Crippen LogP) is 2.86. The molecule has 1 fully saturated rings. The molecule has 5 nitrogen and oxygen atoms in total. The first-order valence-electron chi connectivity index (χ1n) is 8.56. The smallest absolute Gasteiger partial charge is 0.127 e. The van der Waals surface area contributed by atoms with Crippen molar-refractivity contribution in [2.45, 2.75) is 6.54 Å². The van der Waals surface area contributed by atoms with Crippen molar-refractivity contribution in [1.29, 1.82) is 0 Å². The molecule has 0 N–H and O–H groups in total. The van der Waals surface area contributed by atoms with Crippen LogP contribution >= 0.6 is 0 Å². The largest absolute Gasteiger partial charge is 0.497 e. The van der Waals surface area contributed by atoms with E-state index >= 15 is 0 Å². The highest BCUT2D eigenvalue weighted by atomic mass is 16.5. The molecule has 25 heavy (non-hydrogen) atoms. The maximum atomic E-state index is 5.39. The number of hydrogen-bond donors (Lipinski definition) is 0. The van der Waals surface area contributed by atoms with E-state index in [0.717, 1.165) is 49.8 Å². The van der Waals surface area contributed by atoms with E-state index in [2.05, 4.69) is 45.3 Å². The quantitative estimate of drug-likeness (QED) is 0.759. The fraction of sp³-hybridized carbons (Fsp3) is 0.350. The summed E-state index contributed by atoms with van der Waals surface area (Å²) in [7, 11) is 3.33. The number of rotatable bonds is 6. The molecule has 132 valence electrons. The molecule has 0 amide bonds. The van der Waals surface area contributed by atoms with Crippen LogP contribution in [-0.2, 0) is 6.54 Å². The number of nitrogens with zero attached hydrogens (tertiary/aromatic N) is 3. The minimum absolute atomic E-state index is 0.798. The van der Waals surface area contributed by atoms with Crippen molar-refractivity contribution in [3.8, 4) is 11.5 Å². The number of hydrazone groups is 1. The zero-order chi connectivity index (χ0) is 17.5. The molecule has 0 bridgehead atoms. The summed E-state index contributed by atoms with van der Waals surface area (Å²) in [6.07, 6.45) is 1.86. The van der Waals surface area contributed by atoms with Gasteiger partial charge in [-0.3, -0.25) is 9.91 Å². The second-order valence-electron chi connectivity index (χ2n) is 6.07. The fourth-order valence-electron chi connectivity index (χ4n) is 2.94. The van der Waals surface area contributed by atoms with Crippen LogP contribution in [0.15, 0.2) is 53.6 Å². The van der Waals surface area contributed by atoms with Crippen LogP contribution < -0.4 is 9.47 Å². The predicted molar refractivity (Wildman–Crippen MR) is 100 cm³/mol. The molecule has 2 aromatic carbocycles. The Morgan fingerprint density at radius 2 is 1.72 bits per heavy atom. The van der Waals surface area contributed by atoms with E-state index in [-0.39, 0.29) is 0 Å². The van der Waals surface area contributed by atoms with Gasteiger partial charge in [0.15, 0.2) is 0 Å². The van der Waals surface area contributed by atoms with Crippen molar-refractivity contribution in [2.24, 2.45) is 5.10 Å². The van der Waals surface area contributed by atoms with Crippen molar-refractivity contribution < 1.29 is 9.47 Å². The molecule has 1 aliphatic rings. The van der Waals surface area contributed by atoms with Crippen molar-refractivity contribution in [2.75, 3.05) is 40.4 Å². The van der Waals surface area contributed by atoms with Crippen LogP contribution in [0.4, 0.5) is 0 Å². The molecule has 1 aliphatic heterocycles. The lowest BCUT2D eigenvalue weighted by molar-refractivity contribution is 0.131. The molecule has 0 atom stereocenters. The van der Waals surface area contributed by atoms with Crippen LogP contribution in [0.25, 0.3) is 0 Å². The van der Waals surface area contributed by atoms with Crippen molar-refractivity contribution in [3.63, 3.8) is 0 Å². The lowest BCUT2D eigenvalue weighted by atomic mass is 10.2. The first kappa shape index (κ1) is 17.3. The van der Waals surface area contributed by atoms with Crippen LogP contribution in [0.2, 0.25) is 0 Å². The van der Waals surface area contributed by atoms with E-state index in [0.29, 0.717) is 0 Å². The molecule has 1 heterocycles. The SMILES string of the molecule is COc1ccc(OC)c(/C=N/N2CCN(Cc3ccccc3)CC2)c1. The minimum Gasteiger partial charge on any atom is -0.497 e. The Bertz CT molecular complexity index is 695. The van der Waals surface area contributed by atoms with Crippen LogP contribution in [0, 0.1) is 0 Å². The molecule has 0 unspecified atom stereocenters. The van der Waals surface area contributed by atoms with Crippen molar-refractivity contribution in [1.82, 2.24) is 9.91 Å². The molecule has 2 aromatic rings. The number of hydrogen-bond acceptors (Lipinski definition) is 5. The lowest BCUT2D eigenvalue weighted by Gasteiger charge is -2.33. The molecule has 0 spiro atoms. The Balaban J connectivity index is 1.56. The molecule has 1 saturated heterocycles. The Morgan fingerprint density at radius 3 is 2.40 bits per heavy atom. The van der Waals surface area contributed by atoms with E-state index in [1.165, 1.54) is 5.56 Å².